The molecule has 120 valence electrons. The Morgan fingerprint density at radius 2 is 1.83 bits per heavy atom. The lowest BCUT2D eigenvalue weighted by atomic mass is 9.98. The van der Waals surface area contributed by atoms with Crippen molar-refractivity contribution in [3.8, 4) is 11.5 Å². The second-order valence-corrected chi connectivity index (χ2v) is 4.96. The summed E-state index contributed by atoms with van der Waals surface area (Å²) in [5, 5.41) is 1.95. The minimum Gasteiger partial charge on any atom is -0.497 e. The van der Waals surface area contributed by atoms with Crippen LogP contribution in [0.3, 0.4) is 0 Å². The van der Waals surface area contributed by atoms with Gasteiger partial charge in [-0.1, -0.05) is 30.3 Å². The Morgan fingerprint density at radius 3 is 2.43 bits per heavy atom. The summed E-state index contributed by atoms with van der Waals surface area (Å²) in [6, 6.07) is 11.1. The van der Waals surface area contributed by atoms with Crippen LogP contribution in [0.1, 0.15) is 15.9 Å². The van der Waals surface area contributed by atoms with Crippen LogP contribution in [0.5, 0.6) is 11.5 Å². The van der Waals surface area contributed by atoms with Gasteiger partial charge in [0, 0.05) is 11.6 Å². The summed E-state index contributed by atoms with van der Waals surface area (Å²) in [5.41, 5.74) is -3.14. The van der Waals surface area contributed by atoms with Crippen LogP contribution in [0.2, 0.25) is 0 Å². The zero-order valence-corrected chi connectivity index (χ0v) is 12.0. The van der Waals surface area contributed by atoms with Gasteiger partial charge in [-0.25, -0.2) is 0 Å². The molecule has 0 saturated carbocycles. The first kappa shape index (κ1) is 15.2. The van der Waals surface area contributed by atoms with E-state index in [-0.39, 0.29) is 16.9 Å². The fourth-order valence-electron chi connectivity index (χ4n) is 2.42. The van der Waals surface area contributed by atoms with E-state index in [9.17, 15) is 18.0 Å². The Morgan fingerprint density at radius 1 is 1.13 bits per heavy atom. The number of carbonyl (C=O) groups is 1. The molecule has 23 heavy (non-hydrogen) atoms. The van der Waals surface area contributed by atoms with Gasteiger partial charge in [0.25, 0.3) is 5.91 Å². The van der Waals surface area contributed by atoms with Crippen molar-refractivity contribution in [2.75, 3.05) is 7.11 Å². The lowest BCUT2D eigenvalue weighted by Gasteiger charge is -2.40. The zero-order chi connectivity index (χ0) is 16.7. The third kappa shape index (κ3) is 2.38. The number of alkyl halides is 3. The van der Waals surface area contributed by atoms with Crippen LogP contribution in [0.4, 0.5) is 13.2 Å². The van der Waals surface area contributed by atoms with Gasteiger partial charge in [0.15, 0.2) is 0 Å². The van der Waals surface area contributed by atoms with Gasteiger partial charge in [-0.05, 0) is 12.1 Å². The number of amides is 1. The number of hydrogen-bond acceptors (Lipinski definition) is 3. The molecule has 0 unspecified atom stereocenters. The second-order valence-electron chi connectivity index (χ2n) is 4.96. The maximum Gasteiger partial charge on any atom is 0.453 e. The number of rotatable bonds is 2. The molecule has 0 aliphatic carbocycles. The highest BCUT2D eigenvalue weighted by Gasteiger charge is 2.62. The lowest BCUT2D eigenvalue weighted by molar-refractivity contribution is -0.265. The highest BCUT2D eigenvalue weighted by Crippen LogP contribution is 2.44. The number of halogens is 3. The highest BCUT2D eigenvalue weighted by atomic mass is 19.4. The number of ether oxygens (including phenoxy) is 2. The van der Waals surface area contributed by atoms with Gasteiger partial charge in [-0.15, -0.1) is 0 Å². The van der Waals surface area contributed by atoms with Crippen LogP contribution in [0.25, 0.3) is 0 Å². The van der Waals surface area contributed by atoms with E-state index in [0.29, 0.717) is 5.75 Å². The Labute approximate surface area is 129 Å². The minimum absolute atomic E-state index is 0.0154. The number of carbonyl (C=O) groups excluding carboxylic acids is 1. The summed E-state index contributed by atoms with van der Waals surface area (Å²) in [7, 11) is 1.37. The monoisotopic (exact) mass is 323 g/mol. The van der Waals surface area contributed by atoms with Crippen LogP contribution in [0, 0.1) is 0 Å². The predicted molar refractivity (Wildman–Crippen MR) is 75.3 cm³/mol. The summed E-state index contributed by atoms with van der Waals surface area (Å²) >= 11 is 0. The molecule has 1 aliphatic rings. The molecule has 0 saturated heterocycles. The molecule has 0 bridgehead atoms. The van der Waals surface area contributed by atoms with Crippen molar-refractivity contribution < 1.29 is 27.4 Å². The van der Waals surface area contributed by atoms with Crippen molar-refractivity contribution >= 4 is 5.91 Å². The second kappa shape index (κ2) is 5.19. The van der Waals surface area contributed by atoms with Crippen molar-refractivity contribution in [2.24, 2.45) is 0 Å². The average molecular weight is 323 g/mol. The average Bonchev–Trinajstić information content (AvgIpc) is 2.53. The quantitative estimate of drug-likeness (QED) is 0.923. The van der Waals surface area contributed by atoms with Crippen LogP contribution < -0.4 is 14.8 Å². The lowest BCUT2D eigenvalue weighted by Crippen LogP contribution is -2.62. The fourth-order valence-corrected chi connectivity index (χ4v) is 2.42. The molecular formula is C16H12F3NO3. The molecule has 1 atom stereocenters. The van der Waals surface area contributed by atoms with Crippen molar-refractivity contribution in [1.29, 1.82) is 0 Å². The fraction of sp³-hybridized carbons (Fsp3) is 0.188. The Balaban J connectivity index is 2.18. The van der Waals surface area contributed by atoms with Crippen molar-refractivity contribution in [3.05, 3.63) is 59.7 Å². The number of methoxy groups -OCH3 is 1. The molecule has 0 aromatic heterocycles. The molecule has 2 aromatic rings. The molecule has 2 aromatic carbocycles. The number of benzene rings is 2. The van der Waals surface area contributed by atoms with Crippen LogP contribution in [-0.2, 0) is 5.72 Å². The molecule has 0 fully saturated rings. The molecule has 1 aliphatic heterocycles. The number of fused-ring (bicyclic) bond motifs is 1. The van der Waals surface area contributed by atoms with E-state index < -0.39 is 17.8 Å². The van der Waals surface area contributed by atoms with E-state index in [1.807, 2.05) is 5.32 Å². The standard InChI is InChI=1S/C16H12F3NO3/c1-22-11-7-8-12-13(9-11)23-15(16(17,18)19,20-14(12)21)10-5-3-2-4-6-10/h2-9H,1H3,(H,20,21)/t15-/m0/s1. The molecule has 3 rings (SSSR count). The minimum atomic E-state index is -4.86. The molecular weight excluding hydrogens is 311 g/mol. The normalized spacial score (nSPS) is 20.3. The SMILES string of the molecule is COc1ccc2c(c1)O[C@@](c1ccccc1)(C(F)(F)F)NC2=O. The molecule has 0 spiro atoms. The third-order valence-electron chi connectivity index (χ3n) is 3.57. The van der Waals surface area contributed by atoms with Crippen molar-refractivity contribution in [1.82, 2.24) is 5.32 Å². The molecule has 1 N–H and O–H groups in total. The first-order valence-corrected chi connectivity index (χ1v) is 6.69. The van der Waals surface area contributed by atoms with Crippen LogP contribution in [0.15, 0.2) is 48.5 Å². The van der Waals surface area contributed by atoms with Gasteiger partial charge in [0.2, 0.25) is 0 Å². The van der Waals surface area contributed by atoms with Gasteiger partial charge in [0.05, 0.1) is 12.7 Å². The molecule has 0 radical (unpaired) electrons. The summed E-state index contributed by atoms with van der Waals surface area (Å²) in [5.74, 6) is -0.757. The van der Waals surface area contributed by atoms with Crippen molar-refractivity contribution in [3.63, 3.8) is 0 Å². The Bertz CT molecular complexity index is 746. The summed E-state index contributed by atoms with van der Waals surface area (Å²) < 4.78 is 51.5. The van der Waals surface area contributed by atoms with E-state index >= 15 is 0 Å². The largest absolute Gasteiger partial charge is 0.497 e. The molecule has 1 amide bonds. The smallest absolute Gasteiger partial charge is 0.453 e. The molecule has 1 heterocycles. The van der Waals surface area contributed by atoms with E-state index in [0.717, 1.165) is 0 Å². The zero-order valence-electron chi connectivity index (χ0n) is 12.0. The molecule has 4 nitrogen and oxygen atoms in total. The summed E-state index contributed by atoms with van der Waals surface area (Å²) in [6.07, 6.45) is -4.86. The van der Waals surface area contributed by atoms with E-state index in [2.05, 4.69) is 0 Å². The maximum absolute atomic E-state index is 13.8. The van der Waals surface area contributed by atoms with Gasteiger partial charge in [0.1, 0.15) is 11.5 Å². The van der Waals surface area contributed by atoms with E-state index in [4.69, 9.17) is 9.47 Å². The van der Waals surface area contributed by atoms with Crippen molar-refractivity contribution in [2.45, 2.75) is 11.9 Å². The van der Waals surface area contributed by atoms with Crippen LogP contribution in [-0.4, -0.2) is 19.2 Å². The van der Waals surface area contributed by atoms with Gasteiger partial charge in [-0.3, -0.25) is 4.79 Å². The van der Waals surface area contributed by atoms with E-state index in [1.165, 1.54) is 49.6 Å². The third-order valence-corrected chi connectivity index (χ3v) is 3.57. The molecule has 7 heteroatoms. The predicted octanol–water partition coefficient (Wildman–Crippen LogP) is 3.23. The number of hydrogen-bond donors (Lipinski definition) is 1. The van der Waals surface area contributed by atoms with Crippen LogP contribution >= 0.6 is 0 Å². The number of nitrogens with one attached hydrogen (secondary N) is 1. The van der Waals surface area contributed by atoms with Gasteiger partial charge < -0.3 is 14.8 Å². The van der Waals surface area contributed by atoms with Gasteiger partial charge in [-0.2, -0.15) is 13.2 Å². The first-order chi connectivity index (χ1) is 10.9. The maximum atomic E-state index is 13.8. The highest BCUT2D eigenvalue weighted by molar-refractivity contribution is 5.98. The summed E-state index contributed by atoms with van der Waals surface area (Å²) in [6.45, 7) is 0. The first-order valence-electron chi connectivity index (χ1n) is 6.69. The topological polar surface area (TPSA) is 47.6 Å². The Kier molecular flexibility index (Phi) is 3.43. The Hall–Kier alpha value is -2.70. The van der Waals surface area contributed by atoms with E-state index in [1.54, 1.807) is 6.07 Å². The van der Waals surface area contributed by atoms with Gasteiger partial charge >= 0.3 is 11.9 Å². The summed E-state index contributed by atoms with van der Waals surface area (Å²) in [4.78, 5) is 12.2.